The maximum Gasteiger partial charge on any atom is 0.146 e. The lowest BCUT2D eigenvalue weighted by Gasteiger charge is -2.40. The van der Waals surface area contributed by atoms with Crippen LogP contribution in [0.2, 0.25) is 0 Å². The first-order valence-electron chi connectivity index (χ1n) is 9.55. The first-order chi connectivity index (χ1) is 13.2. The molecule has 0 spiro atoms. The Hall–Kier alpha value is -2.88. The number of nitriles is 1. The molecule has 7 heteroatoms. The van der Waals surface area contributed by atoms with Gasteiger partial charge >= 0.3 is 0 Å². The molecule has 140 valence electrons. The molecule has 1 aliphatic heterocycles. The molecule has 0 radical (unpaired) electrons. The number of hydrogen-bond donors (Lipinski definition) is 0. The average molecular weight is 363 g/mol. The molecule has 2 aromatic rings. The molecule has 1 saturated heterocycles. The van der Waals surface area contributed by atoms with E-state index in [0.717, 1.165) is 43.4 Å². The van der Waals surface area contributed by atoms with E-state index in [-0.39, 0.29) is 0 Å². The van der Waals surface area contributed by atoms with Crippen LogP contribution in [0.3, 0.4) is 0 Å². The molecular weight excluding hydrogens is 338 g/mol. The van der Waals surface area contributed by atoms with Gasteiger partial charge < -0.3 is 14.7 Å². The smallest absolute Gasteiger partial charge is 0.146 e. The van der Waals surface area contributed by atoms with Crippen molar-refractivity contribution in [2.24, 2.45) is 0 Å². The van der Waals surface area contributed by atoms with Crippen LogP contribution in [-0.2, 0) is 0 Å². The quantitative estimate of drug-likeness (QED) is 0.808. The fraction of sp³-hybridized carbons (Fsp3) is 0.500. The van der Waals surface area contributed by atoms with E-state index in [1.54, 1.807) is 12.5 Å². The van der Waals surface area contributed by atoms with E-state index in [0.29, 0.717) is 17.6 Å². The maximum atomic E-state index is 9.35. The van der Waals surface area contributed by atoms with E-state index in [1.807, 2.05) is 31.1 Å². The van der Waals surface area contributed by atoms with Crippen molar-refractivity contribution in [2.45, 2.75) is 37.8 Å². The molecule has 1 aliphatic carbocycles. The fourth-order valence-electron chi connectivity index (χ4n) is 3.84. The molecule has 0 atom stereocenters. The van der Waals surface area contributed by atoms with Gasteiger partial charge in [0.25, 0.3) is 0 Å². The molecule has 27 heavy (non-hydrogen) atoms. The molecule has 2 aromatic heterocycles. The third-order valence-electron chi connectivity index (χ3n) is 5.37. The monoisotopic (exact) mass is 363 g/mol. The second-order valence-electron chi connectivity index (χ2n) is 7.47. The molecule has 0 bridgehead atoms. The van der Waals surface area contributed by atoms with Gasteiger partial charge in [-0.25, -0.2) is 15.0 Å². The number of rotatable bonds is 5. The lowest BCUT2D eigenvalue weighted by Crippen LogP contribution is -2.47. The van der Waals surface area contributed by atoms with Crippen molar-refractivity contribution in [3.05, 3.63) is 36.3 Å². The van der Waals surface area contributed by atoms with Gasteiger partial charge in [0.05, 0.1) is 5.56 Å². The van der Waals surface area contributed by atoms with Gasteiger partial charge in [-0.2, -0.15) is 5.26 Å². The lowest BCUT2D eigenvalue weighted by atomic mass is 10.0. The first kappa shape index (κ1) is 17.5. The maximum absolute atomic E-state index is 9.35. The average Bonchev–Trinajstić information content (AvgIpc) is 3.54. The Bertz CT molecular complexity index is 832. The van der Waals surface area contributed by atoms with Crippen LogP contribution in [0.15, 0.2) is 30.7 Å². The van der Waals surface area contributed by atoms with Gasteiger partial charge in [-0.1, -0.05) is 0 Å². The summed E-state index contributed by atoms with van der Waals surface area (Å²) in [5.41, 5.74) is 0.654. The highest BCUT2D eigenvalue weighted by atomic mass is 15.3. The van der Waals surface area contributed by atoms with Crippen molar-refractivity contribution < 1.29 is 0 Å². The number of hydrogen-bond acceptors (Lipinski definition) is 7. The van der Waals surface area contributed by atoms with E-state index in [9.17, 15) is 5.26 Å². The van der Waals surface area contributed by atoms with Gasteiger partial charge in [0, 0.05) is 51.5 Å². The topological polar surface area (TPSA) is 72.2 Å². The number of anilines is 3. The first-order valence-corrected chi connectivity index (χ1v) is 9.55. The minimum absolute atomic E-state index is 0.466. The molecule has 0 aromatic carbocycles. The van der Waals surface area contributed by atoms with Crippen molar-refractivity contribution in [1.82, 2.24) is 15.0 Å². The molecular formula is C20H25N7. The summed E-state index contributed by atoms with van der Waals surface area (Å²) in [6.45, 7) is 1.82. The number of nitrogens with zero attached hydrogens (tertiary/aromatic N) is 7. The number of pyridine rings is 1. The van der Waals surface area contributed by atoms with Gasteiger partial charge in [0.15, 0.2) is 0 Å². The van der Waals surface area contributed by atoms with Crippen molar-refractivity contribution >= 4 is 17.5 Å². The zero-order chi connectivity index (χ0) is 18.8. The summed E-state index contributed by atoms with van der Waals surface area (Å²) in [6, 6.07) is 9.08. The molecule has 0 N–H and O–H groups in total. The number of piperidine rings is 1. The standard InChI is InChI=1S/C20H25N7/c1-25(2)18-12-19(24-14-23-18)27(16-5-6-16)17-7-10-26(11-8-17)20-15(13-21)4-3-9-22-20/h3-4,9,12,14,16-17H,5-8,10-11H2,1-2H3. The van der Waals surface area contributed by atoms with E-state index in [4.69, 9.17) is 0 Å². The summed E-state index contributed by atoms with van der Waals surface area (Å²) < 4.78 is 0. The minimum atomic E-state index is 0.466. The second-order valence-corrected chi connectivity index (χ2v) is 7.47. The Balaban J connectivity index is 1.50. The van der Waals surface area contributed by atoms with E-state index >= 15 is 0 Å². The van der Waals surface area contributed by atoms with E-state index in [2.05, 4.69) is 36.9 Å². The largest absolute Gasteiger partial charge is 0.363 e. The van der Waals surface area contributed by atoms with Crippen LogP contribution < -0.4 is 14.7 Å². The highest BCUT2D eigenvalue weighted by molar-refractivity contribution is 5.55. The van der Waals surface area contributed by atoms with Crippen LogP contribution in [0.1, 0.15) is 31.2 Å². The summed E-state index contributed by atoms with van der Waals surface area (Å²) in [5.74, 6) is 2.79. The highest BCUT2D eigenvalue weighted by Crippen LogP contribution is 2.36. The minimum Gasteiger partial charge on any atom is -0.363 e. The Labute approximate surface area is 160 Å². The zero-order valence-electron chi connectivity index (χ0n) is 15.9. The molecule has 1 saturated carbocycles. The van der Waals surface area contributed by atoms with E-state index in [1.165, 1.54) is 12.8 Å². The summed E-state index contributed by atoms with van der Waals surface area (Å²) in [4.78, 5) is 20.2. The van der Waals surface area contributed by atoms with Crippen LogP contribution in [0, 0.1) is 11.3 Å². The molecule has 2 aliphatic rings. The SMILES string of the molecule is CN(C)c1cc(N(C2CC2)C2CCN(c3ncccc3C#N)CC2)ncn1. The molecule has 0 unspecified atom stereocenters. The second kappa shape index (κ2) is 7.39. The molecule has 2 fully saturated rings. The molecule has 4 rings (SSSR count). The van der Waals surface area contributed by atoms with E-state index < -0.39 is 0 Å². The Kier molecular flexibility index (Phi) is 4.80. The van der Waals surface area contributed by atoms with Gasteiger partial charge in [-0.05, 0) is 37.8 Å². The third-order valence-corrected chi connectivity index (χ3v) is 5.37. The van der Waals surface area contributed by atoms with Crippen molar-refractivity contribution in [1.29, 1.82) is 5.26 Å². The van der Waals surface area contributed by atoms with Crippen LogP contribution in [-0.4, -0.2) is 54.2 Å². The predicted molar refractivity (Wildman–Crippen MR) is 106 cm³/mol. The van der Waals surface area contributed by atoms with Gasteiger partial charge in [-0.3, -0.25) is 0 Å². The molecule has 7 nitrogen and oxygen atoms in total. The summed E-state index contributed by atoms with van der Waals surface area (Å²) in [7, 11) is 4.01. The van der Waals surface area contributed by atoms with Crippen molar-refractivity contribution in [3.8, 4) is 6.07 Å². The summed E-state index contributed by atoms with van der Waals surface area (Å²) in [6.07, 6.45) is 7.99. The van der Waals surface area contributed by atoms with Crippen LogP contribution in [0.5, 0.6) is 0 Å². The lowest BCUT2D eigenvalue weighted by molar-refractivity contribution is 0.457. The predicted octanol–water partition coefficient (Wildman–Crippen LogP) is 2.45. The number of aromatic nitrogens is 3. The van der Waals surface area contributed by atoms with Gasteiger partial charge in [-0.15, -0.1) is 0 Å². The molecule has 0 amide bonds. The van der Waals surface area contributed by atoms with Gasteiger partial charge in [0.1, 0.15) is 29.9 Å². The van der Waals surface area contributed by atoms with Crippen LogP contribution in [0.25, 0.3) is 0 Å². The Morgan fingerprint density at radius 1 is 1.04 bits per heavy atom. The van der Waals surface area contributed by atoms with Crippen molar-refractivity contribution in [2.75, 3.05) is 41.9 Å². The zero-order valence-corrected chi connectivity index (χ0v) is 15.9. The van der Waals surface area contributed by atoms with Crippen LogP contribution in [0.4, 0.5) is 17.5 Å². The summed E-state index contributed by atoms with van der Waals surface area (Å²) in [5, 5.41) is 9.35. The van der Waals surface area contributed by atoms with Crippen LogP contribution >= 0.6 is 0 Å². The van der Waals surface area contributed by atoms with Crippen molar-refractivity contribution in [3.63, 3.8) is 0 Å². The Morgan fingerprint density at radius 3 is 2.41 bits per heavy atom. The highest BCUT2D eigenvalue weighted by Gasteiger charge is 2.37. The fourth-order valence-corrected chi connectivity index (χ4v) is 3.84. The Morgan fingerprint density at radius 2 is 1.74 bits per heavy atom. The van der Waals surface area contributed by atoms with Gasteiger partial charge in [0.2, 0.25) is 0 Å². The normalized spacial score (nSPS) is 17.4. The summed E-state index contributed by atoms with van der Waals surface area (Å²) >= 11 is 0. The third kappa shape index (κ3) is 3.65. The molecule has 3 heterocycles.